The second-order valence-corrected chi connectivity index (χ2v) is 8.33. The van der Waals surface area contributed by atoms with E-state index in [1.807, 2.05) is 17.9 Å². The summed E-state index contributed by atoms with van der Waals surface area (Å²) in [5, 5.41) is 7.92. The van der Waals surface area contributed by atoms with Crippen molar-refractivity contribution in [1.82, 2.24) is 15.1 Å². The van der Waals surface area contributed by atoms with Gasteiger partial charge in [-0.05, 0) is 87.1 Å². The zero-order chi connectivity index (χ0) is 14.4. The molecule has 1 aromatic rings. The summed E-state index contributed by atoms with van der Waals surface area (Å²) < 4.78 is 1.92. The molecule has 4 saturated carbocycles. The zero-order valence-electron chi connectivity index (χ0n) is 13.5. The van der Waals surface area contributed by atoms with Gasteiger partial charge in [0.2, 0.25) is 0 Å². The fraction of sp³-hybridized carbons (Fsp3) is 0.833. The van der Waals surface area contributed by atoms with Crippen LogP contribution in [-0.2, 0) is 13.5 Å². The Morgan fingerprint density at radius 2 is 1.86 bits per heavy atom. The van der Waals surface area contributed by atoms with Gasteiger partial charge in [0.25, 0.3) is 0 Å². The van der Waals surface area contributed by atoms with Crippen LogP contribution < -0.4 is 5.32 Å². The van der Waals surface area contributed by atoms with Crippen LogP contribution in [0.4, 0.5) is 0 Å². The predicted octanol–water partition coefficient (Wildman–Crippen LogP) is 3.16. The van der Waals surface area contributed by atoms with Crippen molar-refractivity contribution >= 4 is 0 Å². The first-order chi connectivity index (χ1) is 10.1. The summed E-state index contributed by atoms with van der Waals surface area (Å²) in [6, 6.07) is 0.616. The normalized spacial score (nSPS) is 38.9. The van der Waals surface area contributed by atoms with Gasteiger partial charge in [-0.2, -0.15) is 5.10 Å². The fourth-order valence-corrected chi connectivity index (χ4v) is 6.20. The largest absolute Gasteiger partial charge is 0.317 e. The van der Waals surface area contributed by atoms with Crippen LogP contribution >= 0.6 is 0 Å². The Bertz CT molecular complexity index is 469. The molecule has 4 aliphatic rings. The van der Waals surface area contributed by atoms with E-state index >= 15 is 0 Å². The summed E-state index contributed by atoms with van der Waals surface area (Å²) in [6.07, 6.45) is 15.9. The van der Waals surface area contributed by atoms with Crippen LogP contribution in [0, 0.1) is 23.2 Å². The smallest absolute Gasteiger partial charge is 0.0522 e. The maximum Gasteiger partial charge on any atom is 0.0522 e. The minimum atomic E-state index is 0.616. The van der Waals surface area contributed by atoms with Gasteiger partial charge in [0, 0.05) is 19.3 Å². The van der Waals surface area contributed by atoms with Crippen molar-refractivity contribution in [2.45, 2.75) is 57.4 Å². The van der Waals surface area contributed by atoms with Gasteiger partial charge < -0.3 is 5.32 Å². The van der Waals surface area contributed by atoms with Crippen LogP contribution in [0.15, 0.2) is 12.4 Å². The highest BCUT2D eigenvalue weighted by atomic mass is 15.2. The third-order valence-electron chi connectivity index (χ3n) is 6.49. The van der Waals surface area contributed by atoms with Crippen molar-refractivity contribution in [3.63, 3.8) is 0 Å². The van der Waals surface area contributed by atoms with E-state index in [0.29, 0.717) is 11.5 Å². The first kappa shape index (κ1) is 13.8. The highest BCUT2D eigenvalue weighted by Gasteiger charge is 2.51. The summed E-state index contributed by atoms with van der Waals surface area (Å²) >= 11 is 0. The summed E-state index contributed by atoms with van der Waals surface area (Å²) in [5.74, 6) is 3.19. The molecule has 0 spiro atoms. The van der Waals surface area contributed by atoms with Crippen molar-refractivity contribution in [3.8, 4) is 0 Å². The topological polar surface area (TPSA) is 29.9 Å². The molecule has 5 rings (SSSR count). The molecule has 0 aromatic carbocycles. The molecular formula is C18H29N3. The average Bonchev–Trinajstić information content (AvgIpc) is 2.81. The standard InChI is InChI=1S/C18H29N3/c1-19-17(6-16-11-20-21(2)12-16)10-18-7-13-3-14(8-18)5-15(4-13)9-18/h11-15,17,19H,3-10H2,1-2H3. The first-order valence-corrected chi connectivity index (χ1v) is 8.79. The molecule has 1 atom stereocenters. The van der Waals surface area contributed by atoms with Gasteiger partial charge in [-0.15, -0.1) is 0 Å². The third kappa shape index (κ3) is 2.65. The average molecular weight is 287 g/mol. The molecule has 1 aromatic heterocycles. The number of rotatable bonds is 5. The predicted molar refractivity (Wildman–Crippen MR) is 85.0 cm³/mol. The number of hydrogen-bond donors (Lipinski definition) is 1. The van der Waals surface area contributed by atoms with E-state index in [0.717, 1.165) is 24.2 Å². The molecule has 0 radical (unpaired) electrons. The van der Waals surface area contributed by atoms with Crippen LogP contribution in [0.5, 0.6) is 0 Å². The molecule has 3 heteroatoms. The van der Waals surface area contributed by atoms with Crippen LogP contribution in [0.3, 0.4) is 0 Å². The Morgan fingerprint density at radius 1 is 1.24 bits per heavy atom. The van der Waals surface area contributed by atoms with Crippen LogP contribution in [0.25, 0.3) is 0 Å². The quantitative estimate of drug-likeness (QED) is 0.901. The number of likely N-dealkylation sites (N-methyl/N-ethyl adjacent to an activating group) is 1. The number of aromatic nitrogens is 2. The van der Waals surface area contributed by atoms with Crippen LogP contribution in [-0.4, -0.2) is 22.9 Å². The van der Waals surface area contributed by atoms with Crippen molar-refractivity contribution < 1.29 is 0 Å². The van der Waals surface area contributed by atoms with Gasteiger partial charge in [-0.1, -0.05) is 0 Å². The second-order valence-electron chi connectivity index (χ2n) is 8.33. The van der Waals surface area contributed by atoms with Gasteiger partial charge in [-0.3, -0.25) is 4.68 Å². The van der Waals surface area contributed by atoms with Gasteiger partial charge >= 0.3 is 0 Å². The van der Waals surface area contributed by atoms with E-state index in [2.05, 4.69) is 23.7 Å². The van der Waals surface area contributed by atoms with Gasteiger partial charge in [0.05, 0.1) is 6.20 Å². The van der Waals surface area contributed by atoms with Crippen LogP contribution in [0.2, 0.25) is 0 Å². The van der Waals surface area contributed by atoms with Gasteiger partial charge in [0.1, 0.15) is 0 Å². The van der Waals surface area contributed by atoms with Crippen molar-refractivity contribution in [3.05, 3.63) is 18.0 Å². The molecule has 3 nitrogen and oxygen atoms in total. The minimum Gasteiger partial charge on any atom is -0.317 e. The van der Waals surface area contributed by atoms with Crippen molar-refractivity contribution in [1.29, 1.82) is 0 Å². The molecule has 0 aliphatic heterocycles. The number of aryl methyl sites for hydroxylation is 1. The van der Waals surface area contributed by atoms with E-state index in [-0.39, 0.29) is 0 Å². The molecular weight excluding hydrogens is 258 g/mol. The Balaban J connectivity index is 1.46. The molecule has 1 unspecified atom stereocenters. The van der Waals surface area contributed by atoms with E-state index in [1.54, 1.807) is 19.3 Å². The zero-order valence-corrected chi connectivity index (χ0v) is 13.5. The van der Waals surface area contributed by atoms with Crippen molar-refractivity contribution in [2.24, 2.45) is 30.2 Å². The molecule has 21 heavy (non-hydrogen) atoms. The number of nitrogens with zero attached hydrogens (tertiary/aromatic N) is 2. The van der Waals surface area contributed by atoms with E-state index < -0.39 is 0 Å². The minimum absolute atomic E-state index is 0.616. The summed E-state index contributed by atoms with van der Waals surface area (Å²) in [4.78, 5) is 0. The SMILES string of the molecule is CNC(Cc1cnn(C)c1)CC12CC3CC(CC(C3)C1)C2. The maximum absolute atomic E-state index is 4.32. The lowest BCUT2D eigenvalue weighted by molar-refractivity contribution is -0.0616. The third-order valence-corrected chi connectivity index (χ3v) is 6.49. The molecule has 116 valence electrons. The molecule has 4 aliphatic carbocycles. The Labute approximate surface area is 128 Å². The van der Waals surface area contributed by atoms with E-state index in [1.165, 1.54) is 31.2 Å². The Hall–Kier alpha value is -0.830. The highest BCUT2D eigenvalue weighted by molar-refractivity contribution is 5.08. The molecule has 1 N–H and O–H groups in total. The fourth-order valence-electron chi connectivity index (χ4n) is 6.20. The summed E-state index contributed by atoms with van der Waals surface area (Å²) in [5.41, 5.74) is 2.05. The molecule has 4 bridgehead atoms. The highest BCUT2D eigenvalue weighted by Crippen LogP contribution is 2.61. The lowest BCUT2D eigenvalue weighted by Gasteiger charge is -2.57. The summed E-state index contributed by atoms with van der Waals surface area (Å²) in [6.45, 7) is 0. The van der Waals surface area contributed by atoms with Crippen LogP contribution in [0.1, 0.15) is 50.5 Å². The summed E-state index contributed by atoms with van der Waals surface area (Å²) in [7, 11) is 4.15. The Kier molecular flexibility index (Phi) is 3.36. The lowest BCUT2D eigenvalue weighted by atomic mass is 9.48. The number of hydrogen-bond acceptors (Lipinski definition) is 2. The van der Waals surface area contributed by atoms with Gasteiger partial charge in [0.15, 0.2) is 0 Å². The van der Waals surface area contributed by atoms with E-state index in [9.17, 15) is 0 Å². The molecule has 1 heterocycles. The van der Waals surface area contributed by atoms with Crippen molar-refractivity contribution in [2.75, 3.05) is 7.05 Å². The first-order valence-electron chi connectivity index (χ1n) is 8.79. The molecule has 0 amide bonds. The van der Waals surface area contributed by atoms with E-state index in [4.69, 9.17) is 0 Å². The number of nitrogens with one attached hydrogen (secondary N) is 1. The molecule has 0 saturated heterocycles. The second kappa shape index (κ2) is 5.12. The lowest BCUT2D eigenvalue weighted by Crippen LogP contribution is -2.48. The Morgan fingerprint density at radius 3 is 2.33 bits per heavy atom. The molecule has 4 fully saturated rings. The van der Waals surface area contributed by atoms with Gasteiger partial charge in [-0.25, -0.2) is 0 Å². The monoisotopic (exact) mass is 287 g/mol. The maximum atomic E-state index is 4.32.